The summed E-state index contributed by atoms with van der Waals surface area (Å²) < 4.78 is 0. The molecule has 1 unspecified atom stereocenters. The number of hydrogen-bond donors (Lipinski definition) is 1. The van der Waals surface area contributed by atoms with E-state index in [4.69, 9.17) is 0 Å². The van der Waals surface area contributed by atoms with Gasteiger partial charge in [-0.3, -0.25) is 0 Å². The Hall–Kier alpha value is -0.0400. The first-order valence-electron chi connectivity index (χ1n) is 8.09. The Kier molecular flexibility index (Phi) is 5.84. The largest absolute Gasteiger partial charge is 0.314 e. The Bertz CT molecular complexity index is 190. The van der Waals surface area contributed by atoms with Gasteiger partial charge in [0.15, 0.2) is 0 Å². The van der Waals surface area contributed by atoms with Gasteiger partial charge in [-0.05, 0) is 51.0 Å². The third kappa shape index (κ3) is 4.62. The number of hydrogen-bond acceptors (Lipinski definition) is 1. The molecule has 1 nitrogen and oxygen atoms in total. The van der Waals surface area contributed by atoms with Crippen LogP contribution in [0.15, 0.2) is 0 Å². The molecule has 2 fully saturated rings. The summed E-state index contributed by atoms with van der Waals surface area (Å²) >= 11 is 0. The summed E-state index contributed by atoms with van der Waals surface area (Å²) in [7, 11) is 0. The van der Waals surface area contributed by atoms with Crippen molar-refractivity contribution in [1.82, 2.24) is 5.32 Å². The van der Waals surface area contributed by atoms with Gasteiger partial charge in [0.25, 0.3) is 0 Å². The zero-order valence-electron chi connectivity index (χ0n) is 11.7. The van der Waals surface area contributed by atoms with Crippen LogP contribution in [0.25, 0.3) is 0 Å². The van der Waals surface area contributed by atoms with E-state index in [2.05, 4.69) is 12.2 Å². The molecule has 0 spiro atoms. The molecular weight excluding hydrogens is 206 g/mol. The summed E-state index contributed by atoms with van der Waals surface area (Å²) in [6.45, 7) is 3.67. The SMILES string of the molecule is CC(NCCCC1CCCC1)C1CCCCC1. The van der Waals surface area contributed by atoms with Gasteiger partial charge in [-0.2, -0.15) is 0 Å². The van der Waals surface area contributed by atoms with Gasteiger partial charge in [-0.15, -0.1) is 0 Å². The van der Waals surface area contributed by atoms with Crippen molar-refractivity contribution in [2.45, 2.75) is 83.6 Å². The van der Waals surface area contributed by atoms with E-state index in [0.717, 1.165) is 17.9 Å². The standard InChI is InChI=1S/C16H31N/c1-14(16-11-3-2-4-12-16)17-13-7-10-15-8-5-6-9-15/h14-17H,2-13H2,1H3. The maximum absolute atomic E-state index is 3.78. The lowest BCUT2D eigenvalue weighted by Crippen LogP contribution is -2.35. The van der Waals surface area contributed by atoms with Crippen LogP contribution in [0.5, 0.6) is 0 Å². The van der Waals surface area contributed by atoms with Crippen LogP contribution in [-0.2, 0) is 0 Å². The normalized spacial score (nSPS) is 25.2. The average molecular weight is 237 g/mol. The monoisotopic (exact) mass is 237 g/mol. The minimum Gasteiger partial charge on any atom is -0.314 e. The molecule has 1 N–H and O–H groups in total. The van der Waals surface area contributed by atoms with Gasteiger partial charge in [0, 0.05) is 6.04 Å². The fourth-order valence-corrected chi connectivity index (χ4v) is 3.82. The number of nitrogens with one attached hydrogen (secondary N) is 1. The molecule has 100 valence electrons. The van der Waals surface area contributed by atoms with Crippen LogP contribution < -0.4 is 5.32 Å². The highest BCUT2D eigenvalue weighted by Gasteiger charge is 2.19. The second-order valence-corrected chi connectivity index (χ2v) is 6.43. The summed E-state index contributed by atoms with van der Waals surface area (Å²) in [6, 6.07) is 0.763. The van der Waals surface area contributed by atoms with Crippen molar-refractivity contribution in [3.63, 3.8) is 0 Å². The van der Waals surface area contributed by atoms with Gasteiger partial charge in [-0.25, -0.2) is 0 Å². The van der Waals surface area contributed by atoms with E-state index in [1.54, 1.807) is 0 Å². The molecule has 0 aliphatic heterocycles. The molecule has 0 heterocycles. The summed E-state index contributed by atoms with van der Waals surface area (Å²) in [6.07, 6.45) is 16.3. The van der Waals surface area contributed by atoms with Gasteiger partial charge < -0.3 is 5.32 Å². The molecule has 0 aromatic carbocycles. The molecule has 0 aromatic heterocycles. The molecular formula is C16H31N. The first-order valence-corrected chi connectivity index (χ1v) is 8.09. The Morgan fingerprint density at radius 1 is 0.941 bits per heavy atom. The first-order chi connectivity index (χ1) is 8.36. The molecule has 0 saturated heterocycles. The van der Waals surface area contributed by atoms with Crippen LogP contribution in [0.3, 0.4) is 0 Å². The Labute approximate surface area is 108 Å². The zero-order valence-corrected chi connectivity index (χ0v) is 11.7. The van der Waals surface area contributed by atoms with Crippen LogP contribution in [-0.4, -0.2) is 12.6 Å². The molecule has 1 heteroatoms. The predicted octanol–water partition coefficient (Wildman–Crippen LogP) is 4.52. The maximum Gasteiger partial charge on any atom is 0.00669 e. The van der Waals surface area contributed by atoms with E-state index in [1.165, 1.54) is 77.2 Å². The van der Waals surface area contributed by atoms with Crippen molar-refractivity contribution in [3.05, 3.63) is 0 Å². The third-order valence-electron chi connectivity index (χ3n) is 5.09. The minimum atomic E-state index is 0.763. The molecule has 0 radical (unpaired) electrons. The average Bonchev–Trinajstić information content (AvgIpc) is 2.88. The molecule has 2 rings (SSSR count). The molecule has 1 atom stereocenters. The highest BCUT2D eigenvalue weighted by Crippen LogP contribution is 2.29. The highest BCUT2D eigenvalue weighted by atomic mass is 14.9. The molecule has 0 bridgehead atoms. The van der Waals surface area contributed by atoms with Crippen molar-refractivity contribution in [2.24, 2.45) is 11.8 Å². The second kappa shape index (κ2) is 7.41. The lowest BCUT2D eigenvalue weighted by Gasteiger charge is -2.28. The molecule has 2 aliphatic carbocycles. The third-order valence-corrected chi connectivity index (χ3v) is 5.09. The smallest absolute Gasteiger partial charge is 0.00669 e. The highest BCUT2D eigenvalue weighted by molar-refractivity contribution is 4.76. The van der Waals surface area contributed by atoms with Gasteiger partial charge in [0.2, 0.25) is 0 Å². The minimum absolute atomic E-state index is 0.763. The van der Waals surface area contributed by atoms with Gasteiger partial charge in [-0.1, -0.05) is 44.9 Å². The van der Waals surface area contributed by atoms with E-state index in [1.807, 2.05) is 0 Å². The molecule has 2 saturated carbocycles. The van der Waals surface area contributed by atoms with Crippen LogP contribution in [0.4, 0.5) is 0 Å². The van der Waals surface area contributed by atoms with Gasteiger partial charge >= 0.3 is 0 Å². The lowest BCUT2D eigenvalue weighted by atomic mass is 9.84. The van der Waals surface area contributed by atoms with Crippen molar-refractivity contribution in [2.75, 3.05) is 6.54 Å². The van der Waals surface area contributed by atoms with Crippen LogP contribution in [0, 0.1) is 11.8 Å². The van der Waals surface area contributed by atoms with E-state index in [0.29, 0.717) is 0 Å². The predicted molar refractivity (Wildman–Crippen MR) is 75.2 cm³/mol. The topological polar surface area (TPSA) is 12.0 Å². The van der Waals surface area contributed by atoms with Crippen molar-refractivity contribution >= 4 is 0 Å². The second-order valence-electron chi connectivity index (χ2n) is 6.43. The van der Waals surface area contributed by atoms with Gasteiger partial charge in [0.05, 0.1) is 0 Å². The van der Waals surface area contributed by atoms with Crippen molar-refractivity contribution in [1.29, 1.82) is 0 Å². The molecule has 17 heavy (non-hydrogen) atoms. The lowest BCUT2D eigenvalue weighted by molar-refractivity contribution is 0.279. The van der Waals surface area contributed by atoms with E-state index in [9.17, 15) is 0 Å². The van der Waals surface area contributed by atoms with Crippen LogP contribution in [0.2, 0.25) is 0 Å². The van der Waals surface area contributed by atoms with E-state index >= 15 is 0 Å². The molecule has 0 amide bonds. The first kappa shape index (κ1) is 13.4. The zero-order chi connectivity index (χ0) is 11.9. The fraction of sp³-hybridized carbons (Fsp3) is 1.00. The van der Waals surface area contributed by atoms with E-state index in [-0.39, 0.29) is 0 Å². The summed E-state index contributed by atoms with van der Waals surface area (Å²) in [5.41, 5.74) is 0. The Morgan fingerprint density at radius 2 is 1.59 bits per heavy atom. The van der Waals surface area contributed by atoms with Crippen molar-refractivity contribution in [3.8, 4) is 0 Å². The van der Waals surface area contributed by atoms with E-state index < -0.39 is 0 Å². The summed E-state index contributed by atoms with van der Waals surface area (Å²) in [5.74, 6) is 2.04. The maximum atomic E-state index is 3.78. The summed E-state index contributed by atoms with van der Waals surface area (Å²) in [4.78, 5) is 0. The molecule has 0 aromatic rings. The quantitative estimate of drug-likeness (QED) is 0.670. The van der Waals surface area contributed by atoms with Crippen LogP contribution >= 0.6 is 0 Å². The Balaban J connectivity index is 1.51. The fourth-order valence-electron chi connectivity index (χ4n) is 3.82. The van der Waals surface area contributed by atoms with Crippen LogP contribution in [0.1, 0.15) is 77.6 Å². The van der Waals surface area contributed by atoms with Gasteiger partial charge in [0.1, 0.15) is 0 Å². The molecule has 2 aliphatic rings. The number of rotatable bonds is 6. The van der Waals surface area contributed by atoms with Crippen molar-refractivity contribution < 1.29 is 0 Å². The Morgan fingerprint density at radius 3 is 2.29 bits per heavy atom. The summed E-state index contributed by atoms with van der Waals surface area (Å²) in [5, 5.41) is 3.78.